The van der Waals surface area contributed by atoms with Gasteiger partial charge < -0.3 is 4.74 Å². The molecular formula is C10H21N7O. The van der Waals surface area contributed by atoms with E-state index in [1.54, 1.807) is 7.05 Å². The molecule has 0 spiro atoms. The van der Waals surface area contributed by atoms with Crippen molar-refractivity contribution in [3.05, 3.63) is 5.82 Å². The summed E-state index contributed by atoms with van der Waals surface area (Å²) in [4.78, 5) is 3.80. The van der Waals surface area contributed by atoms with Gasteiger partial charge in [0.1, 0.15) is 0 Å². The van der Waals surface area contributed by atoms with Crippen LogP contribution in [0.15, 0.2) is 0 Å². The number of aromatic nitrogens is 4. The lowest BCUT2D eigenvalue weighted by atomic mass is 10.1. The topological polar surface area (TPSA) is 94.1 Å². The Kier molecular flexibility index (Phi) is 4.59. The van der Waals surface area contributed by atoms with Crippen LogP contribution in [-0.2, 0) is 18.2 Å². The summed E-state index contributed by atoms with van der Waals surface area (Å²) in [5.74, 6) is 6.29. The smallest absolute Gasteiger partial charge is 0.176 e. The van der Waals surface area contributed by atoms with Crippen LogP contribution in [0.3, 0.4) is 0 Å². The summed E-state index contributed by atoms with van der Waals surface area (Å²) in [5.41, 5.74) is 2.81. The normalized spacial score (nSPS) is 23.2. The molecule has 1 aliphatic heterocycles. The van der Waals surface area contributed by atoms with Crippen LogP contribution in [0.2, 0.25) is 0 Å². The highest BCUT2D eigenvalue weighted by Crippen LogP contribution is 2.11. The quantitative estimate of drug-likeness (QED) is 0.478. The second-order valence-corrected chi connectivity index (χ2v) is 4.47. The third kappa shape index (κ3) is 3.22. The highest BCUT2D eigenvalue weighted by molar-refractivity contribution is 4.90. The van der Waals surface area contributed by atoms with Crippen molar-refractivity contribution in [3.8, 4) is 0 Å². The lowest BCUT2D eigenvalue weighted by Crippen LogP contribution is -2.54. The lowest BCUT2D eigenvalue weighted by Gasteiger charge is -2.35. The molecule has 0 bridgehead atoms. The van der Waals surface area contributed by atoms with Crippen LogP contribution in [0, 0.1) is 0 Å². The van der Waals surface area contributed by atoms with E-state index in [1.165, 1.54) is 4.80 Å². The van der Waals surface area contributed by atoms with Gasteiger partial charge in [-0.3, -0.25) is 16.2 Å². The van der Waals surface area contributed by atoms with Crippen molar-refractivity contribution < 1.29 is 4.74 Å². The molecular weight excluding hydrogens is 234 g/mol. The molecule has 0 amide bonds. The maximum absolute atomic E-state index is 5.78. The number of tetrazole rings is 1. The number of nitrogens with one attached hydrogen (secondary N) is 1. The molecule has 1 fully saturated rings. The molecule has 0 aliphatic carbocycles. The number of ether oxygens (including phenoxy) is 1. The number of likely N-dealkylation sites (N-methyl/N-ethyl adjacent to an activating group) is 1. The van der Waals surface area contributed by atoms with Crippen molar-refractivity contribution in [1.29, 1.82) is 0 Å². The number of hydrogen-bond acceptors (Lipinski definition) is 7. The number of nitrogens with zero attached hydrogens (tertiary/aromatic N) is 5. The minimum Gasteiger partial charge on any atom is -0.374 e. The number of nitrogens with two attached hydrogens (primary N) is 1. The zero-order chi connectivity index (χ0) is 13.0. The fourth-order valence-electron chi connectivity index (χ4n) is 2.16. The standard InChI is InChI=1S/C10H21N7O/c1-3-17-4-5-18-9(7-17)8(12-11)6-10-13-15-16(2)14-10/h8-9,12H,3-7,11H2,1-2H3. The summed E-state index contributed by atoms with van der Waals surface area (Å²) in [6, 6.07) is 0.00329. The number of morpholine rings is 1. The minimum atomic E-state index is 0.00329. The van der Waals surface area contributed by atoms with Gasteiger partial charge in [0.05, 0.1) is 25.8 Å². The van der Waals surface area contributed by atoms with Gasteiger partial charge in [-0.15, -0.1) is 10.2 Å². The first-order chi connectivity index (χ1) is 8.72. The van der Waals surface area contributed by atoms with E-state index < -0.39 is 0 Å². The molecule has 1 aromatic heterocycles. The molecule has 8 nitrogen and oxygen atoms in total. The lowest BCUT2D eigenvalue weighted by molar-refractivity contribution is -0.0450. The molecule has 8 heteroatoms. The Balaban J connectivity index is 1.95. The molecule has 2 unspecified atom stereocenters. The van der Waals surface area contributed by atoms with Crippen LogP contribution in [0.5, 0.6) is 0 Å². The predicted octanol–water partition coefficient (Wildman–Crippen LogP) is -1.69. The van der Waals surface area contributed by atoms with E-state index in [-0.39, 0.29) is 12.1 Å². The fourth-order valence-corrected chi connectivity index (χ4v) is 2.16. The Morgan fingerprint density at radius 2 is 2.44 bits per heavy atom. The van der Waals surface area contributed by atoms with Crippen LogP contribution < -0.4 is 11.3 Å². The fraction of sp³-hybridized carbons (Fsp3) is 0.900. The van der Waals surface area contributed by atoms with E-state index in [2.05, 4.69) is 32.7 Å². The molecule has 1 aromatic rings. The van der Waals surface area contributed by atoms with Gasteiger partial charge in [0.15, 0.2) is 5.82 Å². The van der Waals surface area contributed by atoms with Crippen LogP contribution in [0.1, 0.15) is 12.7 Å². The molecule has 2 rings (SSSR count). The summed E-state index contributed by atoms with van der Waals surface area (Å²) in [5, 5.41) is 12.0. The van der Waals surface area contributed by atoms with Crippen molar-refractivity contribution >= 4 is 0 Å². The van der Waals surface area contributed by atoms with Gasteiger partial charge in [-0.25, -0.2) is 0 Å². The second kappa shape index (κ2) is 6.19. The number of rotatable bonds is 5. The molecule has 3 N–H and O–H groups in total. The molecule has 1 aliphatic rings. The van der Waals surface area contributed by atoms with Gasteiger partial charge in [0.2, 0.25) is 0 Å². The third-order valence-corrected chi connectivity index (χ3v) is 3.24. The monoisotopic (exact) mass is 255 g/mol. The Hall–Kier alpha value is -1.09. The molecule has 0 saturated carbocycles. The summed E-state index contributed by atoms with van der Waals surface area (Å²) >= 11 is 0. The summed E-state index contributed by atoms with van der Waals surface area (Å²) in [6.45, 7) is 5.78. The Bertz CT molecular complexity index is 369. The van der Waals surface area contributed by atoms with Crippen molar-refractivity contribution in [1.82, 2.24) is 30.5 Å². The first-order valence-corrected chi connectivity index (χ1v) is 6.26. The molecule has 2 heterocycles. The Morgan fingerprint density at radius 3 is 3.06 bits per heavy atom. The first-order valence-electron chi connectivity index (χ1n) is 6.26. The molecule has 1 saturated heterocycles. The Morgan fingerprint density at radius 1 is 1.61 bits per heavy atom. The van der Waals surface area contributed by atoms with E-state index in [0.29, 0.717) is 12.2 Å². The van der Waals surface area contributed by atoms with Gasteiger partial charge in [0, 0.05) is 19.5 Å². The zero-order valence-electron chi connectivity index (χ0n) is 10.9. The molecule has 0 radical (unpaired) electrons. The van der Waals surface area contributed by atoms with Crippen LogP contribution in [0.4, 0.5) is 0 Å². The second-order valence-electron chi connectivity index (χ2n) is 4.47. The van der Waals surface area contributed by atoms with Crippen molar-refractivity contribution in [2.75, 3.05) is 26.2 Å². The largest absolute Gasteiger partial charge is 0.374 e. The highest BCUT2D eigenvalue weighted by atomic mass is 16.5. The van der Waals surface area contributed by atoms with Gasteiger partial charge in [-0.05, 0) is 11.8 Å². The third-order valence-electron chi connectivity index (χ3n) is 3.24. The van der Waals surface area contributed by atoms with E-state index in [0.717, 1.165) is 26.2 Å². The Labute approximate surface area is 106 Å². The van der Waals surface area contributed by atoms with Crippen molar-refractivity contribution in [2.45, 2.75) is 25.5 Å². The summed E-state index contributed by atoms with van der Waals surface area (Å²) in [6.07, 6.45) is 0.680. The number of aryl methyl sites for hydroxylation is 1. The van der Waals surface area contributed by atoms with Crippen LogP contribution in [0.25, 0.3) is 0 Å². The van der Waals surface area contributed by atoms with E-state index >= 15 is 0 Å². The summed E-state index contributed by atoms with van der Waals surface area (Å²) in [7, 11) is 1.75. The predicted molar refractivity (Wildman–Crippen MR) is 65.5 cm³/mol. The van der Waals surface area contributed by atoms with Gasteiger partial charge >= 0.3 is 0 Å². The number of hydrazine groups is 1. The van der Waals surface area contributed by atoms with E-state index in [4.69, 9.17) is 10.6 Å². The average Bonchev–Trinajstić information content (AvgIpc) is 2.81. The molecule has 0 aromatic carbocycles. The van der Waals surface area contributed by atoms with Gasteiger partial charge in [-0.1, -0.05) is 6.92 Å². The number of hydrogen-bond donors (Lipinski definition) is 2. The van der Waals surface area contributed by atoms with Gasteiger partial charge in [-0.2, -0.15) is 4.80 Å². The minimum absolute atomic E-state index is 0.00329. The molecule has 102 valence electrons. The van der Waals surface area contributed by atoms with E-state index in [1.807, 2.05) is 0 Å². The highest BCUT2D eigenvalue weighted by Gasteiger charge is 2.28. The maximum atomic E-state index is 5.78. The average molecular weight is 255 g/mol. The zero-order valence-corrected chi connectivity index (χ0v) is 10.9. The van der Waals surface area contributed by atoms with Crippen molar-refractivity contribution in [3.63, 3.8) is 0 Å². The van der Waals surface area contributed by atoms with Crippen LogP contribution >= 0.6 is 0 Å². The van der Waals surface area contributed by atoms with Crippen LogP contribution in [-0.4, -0.2) is 63.5 Å². The summed E-state index contributed by atoms with van der Waals surface area (Å²) < 4.78 is 5.78. The van der Waals surface area contributed by atoms with Crippen molar-refractivity contribution in [2.24, 2.45) is 12.9 Å². The SMILES string of the molecule is CCN1CCOC(C(Cc2nnn(C)n2)NN)C1. The van der Waals surface area contributed by atoms with Gasteiger partial charge in [0.25, 0.3) is 0 Å². The molecule has 2 atom stereocenters. The van der Waals surface area contributed by atoms with E-state index in [9.17, 15) is 0 Å². The first kappa shape index (κ1) is 13.3. The maximum Gasteiger partial charge on any atom is 0.176 e. The molecule has 18 heavy (non-hydrogen) atoms.